The molecule has 0 saturated heterocycles. The summed E-state index contributed by atoms with van der Waals surface area (Å²) in [5.41, 5.74) is 0. The molecule has 332 valence electrons. The zero-order chi connectivity index (χ0) is 45.5. The summed E-state index contributed by atoms with van der Waals surface area (Å²) in [6.45, 7) is -0.190. The Labute approximate surface area is 291 Å². The van der Waals surface area contributed by atoms with Gasteiger partial charge in [0.1, 0.15) is 13.2 Å². The van der Waals surface area contributed by atoms with Crippen molar-refractivity contribution in [2.45, 2.75) is 87.2 Å². The standard InChI is InChI=1S/C9H9F9O2.C7H6F8O2.C7H7F7O2.CH3F/c1-3-6(11,12)8(15,16)19-4-7(13,14)9(17,18)20-5(2)10;1-4(9)17-7(14,15)5(10,11)3-16-6(12,13)2-8;1-3-5(9,10)16-7(13,14)6(11,12)15-4(2)8;1-2/h2-4H2,1H3;1-3H2;2-3H2,1H3;1H3. The molecule has 0 bridgehead atoms. The molecular formula is C24H25F25O6. The summed E-state index contributed by atoms with van der Waals surface area (Å²) in [4.78, 5) is 0. The molecule has 0 spiro atoms. The zero-order valence-electron chi connectivity index (χ0n) is 27.1. The fourth-order valence-corrected chi connectivity index (χ4v) is 1.84. The first-order valence-electron chi connectivity index (χ1n) is 12.9. The highest BCUT2D eigenvalue weighted by Crippen LogP contribution is 2.44. The van der Waals surface area contributed by atoms with E-state index in [0.717, 1.165) is 6.92 Å². The molecule has 0 rings (SSSR count). The lowest BCUT2D eigenvalue weighted by molar-refractivity contribution is -0.477. The van der Waals surface area contributed by atoms with E-state index in [1.54, 1.807) is 0 Å². The molecule has 0 aromatic rings. The minimum Gasteiger partial charge on any atom is -0.402 e. The Kier molecular flexibility index (Phi) is 22.7. The van der Waals surface area contributed by atoms with Crippen LogP contribution in [0.15, 0.2) is 37.8 Å². The van der Waals surface area contributed by atoms with Crippen molar-refractivity contribution >= 4 is 0 Å². The third-order valence-corrected chi connectivity index (χ3v) is 4.52. The van der Waals surface area contributed by atoms with Crippen LogP contribution in [0, 0.1) is 0 Å². The van der Waals surface area contributed by atoms with Gasteiger partial charge in [-0.2, -0.15) is 101 Å². The molecule has 0 unspecified atom stereocenters. The maximum atomic E-state index is 12.8. The van der Waals surface area contributed by atoms with Crippen LogP contribution in [0.2, 0.25) is 0 Å². The van der Waals surface area contributed by atoms with E-state index in [4.69, 9.17) is 0 Å². The molecule has 0 aromatic carbocycles. The molecule has 0 aliphatic heterocycles. The van der Waals surface area contributed by atoms with Gasteiger partial charge in [-0.1, -0.05) is 13.8 Å². The van der Waals surface area contributed by atoms with Crippen LogP contribution in [0.3, 0.4) is 0 Å². The monoisotopic (exact) mass is 884 g/mol. The zero-order valence-corrected chi connectivity index (χ0v) is 27.1. The molecule has 31 heteroatoms. The van der Waals surface area contributed by atoms with Gasteiger partial charge in [-0.25, -0.2) is 9.13 Å². The average molecular weight is 884 g/mol. The van der Waals surface area contributed by atoms with Crippen LogP contribution in [0.1, 0.15) is 26.7 Å². The number of ether oxygens (including phenoxy) is 6. The van der Waals surface area contributed by atoms with Crippen LogP contribution < -0.4 is 0 Å². The molecule has 0 N–H and O–H groups in total. The Hall–Kier alpha value is -3.25. The second-order valence-corrected chi connectivity index (χ2v) is 8.86. The molecule has 0 aliphatic rings. The van der Waals surface area contributed by atoms with Gasteiger partial charge in [-0.3, -0.25) is 4.39 Å². The van der Waals surface area contributed by atoms with Gasteiger partial charge in [0, 0.05) is 12.8 Å². The maximum absolute atomic E-state index is 12.8. The molecule has 6 nitrogen and oxygen atoms in total. The third kappa shape index (κ3) is 20.5. The van der Waals surface area contributed by atoms with Crippen LogP contribution in [0.25, 0.3) is 0 Å². The lowest BCUT2D eigenvalue weighted by atomic mass is 10.2. The average Bonchev–Trinajstić information content (AvgIpc) is 2.98. The van der Waals surface area contributed by atoms with Gasteiger partial charge in [0.15, 0.2) is 6.67 Å². The number of hydrogen-bond donors (Lipinski definition) is 0. The number of halogens is 25. The van der Waals surface area contributed by atoms with E-state index >= 15 is 0 Å². The maximum Gasteiger partial charge on any atom is 0.495 e. The fraction of sp³-hybridized carbons (Fsp3) is 0.750. The smallest absolute Gasteiger partial charge is 0.402 e. The molecular weight excluding hydrogens is 859 g/mol. The second kappa shape index (κ2) is 21.3. The van der Waals surface area contributed by atoms with Gasteiger partial charge in [0.05, 0.1) is 7.18 Å². The largest absolute Gasteiger partial charge is 0.495 e. The Balaban J connectivity index is -0.000000349. The lowest BCUT2D eigenvalue weighted by Gasteiger charge is -2.29. The first-order valence-corrected chi connectivity index (χ1v) is 12.9. The second-order valence-electron chi connectivity index (χ2n) is 8.86. The lowest BCUT2D eigenvalue weighted by Crippen LogP contribution is -2.50. The Morgan fingerprint density at radius 3 is 1.00 bits per heavy atom. The molecule has 0 saturated carbocycles. The van der Waals surface area contributed by atoms with Crippen molar-refractivity contribution in [2.24, 2.45) is 0 Å². The highest BCUT2D eigenvalue weighted by Gasteiger charge is 2.66. The van der Waals surface area contributed by atoms with Crippen molar-refractivity contribution in [1.82, 2.24) is 0 Å². The summed E-state index contributed by atoms with van der Waals surface area (Å²) in [6, 6.07) is -6.82. The van der Waals surface area contributed by atoms with Crippen LogP contribution in [0.5, 0.6) is 0 Å². The Bertz CT molecular complexity index is 1180. The van der Waals surface area contributed by atoms with E-state index < -0.39 is 111 Å². The number of alkyl halides is 22. The highest BCUT2D eigenvalue weighted by atomic mass is 19.4. The van der Waals surface area contributed by atoms with E-state index in [0.29, 0.717) is 14.1 Å². The van der Waals surface area contributed by atoms with Gasteiger partial charge in [-0.05, 0) is 19.7 Å². The van der Waals surface area contributed by atoms with Crippen molar-refractivity contribution in [2.75, 3.05) is 27.1 Å². The van der Waals surface area contributed by atoms with E-state index in [9.17, 15) is 110 Å². The van der Waals surface area contributed by atoms with E-state index in [-0.39, 0.29) is 0 Å². The molecule has 0 aromatic heterocycles. The third-order valence-electron chi connectivity index (χ3n) is 4.52. The predicted octanol–water partition coefficient (Wildman–Crippen LogP) is 11.8. The van der Waals surface area contributed by atoms with Gasteiger partial charge < -0.3 is 23.7 Å². The molecule has 0 aliphatic carbocycles. The Morgan fingerprint density at radius 2 is 0.727 bits per heavy atom. The molecule has 0 heterocycles. The van der Waals surface area contributed by atoms with Gasteiger partial charge in [0.2, 0.25) is 0 Å². The van der Waals surface area contributed by atoms with Crippen molar-refractivity contribution < 1.29 is 138 Å². The topological polar surface area (TPSA) is 55.4 Å². The molecule has 55 heavy (non-hydrogen) atoms. The quantitative estimate of drug-likeness (QED) is 0.0846. The molecule has 0 amide bonds. The van der Waals surface area contributed by atoms with Gasteiger partial charge >= 0.3 is 60.5 Å². The first-order chi connectivity index (χ1) is 24.1. The van der Waals surface area contributed by atoms with Crippen molar-refractivity contribution in [3.63, 3.8) is 0 Å². The molecule has 0 fully saturated rings. The van der Waals surface area contributed by atoms with E-state index in [1.165, 1.54) is 0 Å². The van der Waals surface area contributed by atoms with Gasteiger partial charge in [0.25, 0.3) is 18.0 Å². The SMILES string of the molecule is C=C(F)OC(F)(F)C(F)(F)COC(F)(F)C(F)(F)CC.C=C(F)OC(F)(F)C(F)(F)COC(F)(F)CF.C=C(F)OC(F)(F)C(F)(F)OC(F)(F)CC.CF. The highest BCUT2D eigenvalue weighted by molar-refractivity contribution is 4.84. The summed E-state index contributed by atoms with van der Waals surface area (Å²) in [5, 5.41) is 0. The van der Waals surface area contributed by atoms with Crippen molar-refractivity contribution in [3.05, 3.63) is 37.8 Å². The van der Waals surface area contributed by atoms with E-state index in [1.807, 2.05) is 0 Å². The van der Waals surface area contributed by atoms with Crippen LogP contribution >= 0.6 is 0 Å². The number of hydrogen-bond acceptors (Lipinski definition) is 6. The van der Waals surface area contributed by atoms with Crippen molar-refractivity contribution in [1.29, 1.82) is 0 Å². The number of rotatable bonds is 21. The summed E-state index contributed by atoms with van der Waals surface area (Å²) in [5.74, 6) is -15.6. The summed E-state index contributed by atoms with van der Waals surface area (Å²) in [7, 11) is 0.500. The van der Waals surface area contributed by atoms with Crippen LogP contribution in [-0.2, 0) is 28.4 Å². The Morgan fingerprint density at radius 1 is 0.418 bits per heavy atom. The first kappa shape index (κ1) is 58.5. The normalized spacial score (nSPS) is 13.5. The molecule has 0 radical (unpaired) electrons. The van der Waals surface area contributed by atoms with Crippen LogP contribution in [-0.4, -0.2) is 87.6 Å². The predicted molar refractivity (Wildman–Crippen MR) is 130 cm³/mol. The molecule has 0 atom stereocenters. The summed E-state index contributed by atoms with van der Waals surface area (Å²) >= 11 is 0. The minimum atomic E-state index is -5.69. The van der Waals surface area contributed by atoms with Gasteiger partial charge in [-0.15, -0.1) is 0 Å². The van der Waals surface area contributed by atoms with E-state index in [2.05, 4.69) is 48.2 Å². The van der Waals surface area contributed by atoms with Crippen molar-refractivity contribution in [3.8, 4) is 0 Å². The fourth-order valence-electron chi connectivity index (χ4n) is 1.84. The summed E-state index contributed by atoms with van der Waals surface area (Å²) < 4.78 is 323. The van der Waals surface area contributed by atoms with Crippen LogP contribution in [0.4, 0.5) is 110 Å². The summed E-state index contributed by atoms with van der Waals surface area (Å²) in [6.07, 6.45) is -39.6. The minimum absolute atomic E-state index is 0.500.